The van der Waals surface area contributed by atoms with E-state index in [9.17, 15) is 43.8 Å². The van der Waals surface area contributed by atoms with E-state index in [1.165, 1.54) is 0 Å². The van der Waals surface area contributed by atoms with Gasteiger partial charge in [0.25, 0.3) is 23.6 Å². The molecule has 14 rings (SSSR count). The normalized spacial score (nSPS) is 22.4. The van der Waals surface area contributed by atoms with Crippen LogP contribution in [-0.2, 0) is 14.4 Å². The van der Waals surface area contributed by atoms with Gasteiger partial charge in [0, 0.05) is 51.5 Å². The van der Waals surface area contributed by atoms with E-state index in [2.05, 4.69) is 62.4 Å². The molecule has 8 aliphatic rings. The molecule has 7 N–H and O–H groups in total. The predicted molar refractivity (Wildman–Crippen MR) is 459 cm³/mol. The number of carboxylic acid groups (broad SMARTS) is 2. The molecule has 1 atom stereocenters. The molecule has 0 aliphatic heterocycles. The van der Waals surface area contributed by atoms with E-state index >= 15 is 0 Å². The Balaban J connectivity index is 0.586. The number of benzene rings is 4. The smallest absolute Gasteiger partial charge is 0.330 e. The van der Waals surface area contributed by atoms with Crippen LogP contribution < -0.4 is 40.6 Å². The highest BCUT2D eigenvalue weighted by Crippen LogP contribution is 2.60. The molecule has 119 heavy (non-hydrogen) atoms. The van der Waals surface area contributed by atoms with Crippen molar-refractivity contribution in [3.05, 3.63) is 119 Å². The number of carbonyl (C=O) groups is 7. The fraction of sp³-hybridized carbons (Fsp3) is 0.598. The second-order valence-corrected chi connectivity index (χ2v) is 35.9. The average molecular weight is 1640 g/mol. The molecule has 4 amide bonds. The number of rotatable bonds is 45. The standard InChI is InChI=1S/C92H130N14O13/c1-57(2)69-51-63(28-30-74(69)105-76(83-79(116-11)24-17-25-80(83)117-12)53-72(97-105)85(108)95-91(89(112)113)65-43-59-41-60(45-65)46-66(91)44-59)87(110)103(9)39-21-35-99(5)33-19-37-101(7)55-78(107)71(23-15-16-32-93)94-56-102(8)38-20-34-100(6)36-22-40-104(10)88(111)64-29-31-75(70(52-64)58(3)4)106-77(84-81(118-13)26-18-27-82(84)119-14)54-73(98-106)86(109)96-92(90(114)115)67-47-61-42-62(49-67)50-68(92)48-61/h17-18,24-31,51-54,57-62,65-68,71,94H,15-16,19-23,32-50,55-56,93H2,1-14H3,(H,95,108)(H,96,109)(H,112,113)(H,114,115)/i/hD. The minimum Gasteiger partial charge on any atom is -0.496 e. The highest BCUT2D eigenvalue weighted by atomic mass is 16.5. The number of nitrogens with one attached hydrogen (secondary N) is 3. The lowest BCUT2D eigenvalue weighted by Gasteiger charge is -2.59. The lowest BCUT2D eigenvalue weighted by atomic mass is 9.48. The largest absolute Gasteiger partial charge is 0.496 e. The number of unbranched alkanes of at least 4 members (excludes halogenated alkanes) is 1. The molecule has 4 aromatic carbocycles. The molecule has 646 valence electrons. The van der Waals surface area contributed by atoms with Crippen LogP contribution in [0.5, 0.6) is 23.0 Å². The number of carbonyl (C=O) groups excluding carboxylic acids is 5. The van der Waals surface area contributed by atoms with Gasteiger partial charge in [-0.3, -0.25) is 39.1 Å². The van der Waals surface area contributed by atoms with Gasteiger partial charge in [0.15, 0.2) is 17.2 Å². The number of aromatic nitrogens is 4. The summed E-state index contributed by atoms with van der Waals surface area (Å²) in [5, 5.41) is 41.6. The number of hydrogen-bond donors (Lipinski definition) is 6. The molecule has 6 aromatic rings. The molecular formula is C92H130N14O13. The van der Waals surface area contributed by atoms with Crippen LogP contribution in [0.4, 0.5) is 0 Å². The molecule has 8 bridgehead atoms. The van der Waals surface area contributed by atoms with E-state index in [4.69, 9.17) is 30.6 Å². The van der Waals surface area contributed by atoms with Gasteiger partial charge in [-0.15, -0.1) is 0 Å². The lowest BCUT2D eigenvalue weighted by Crippen LogP contribution is -2.70. The van der Waals surface area contributed by atoms with E-state index in [-0.39, 0.29) is 70.5 Å². The monoisotopic (exact) mass is 1640 g/mol. The summed E-state index contributed by atoms with van der Waals surface area (Å²) in [5.74, 6) is -0.0357. The number of nitrogens with two attached hydrogens (primary N) is 1. The van der Waals surface area contributed by atoms with E-state index in [1.807, 2.05) is 110 Å². The molecule has 27 nitrogen and oxygen atoms in total. The van der Waals surface area contributed by atoms with Gasteiger partial charge >= 0.3 is 11.9 Å². The maximum Gasteiger partial charge on any atom is 0.330 e. The number of Topliss-reactive ketones (excluding diaryl/α,β-unsaturated/α-hetero) is 1. The Bertz CT molecular complexity index is 4520. The van der Waals surface area contributed by atoms with Gasteiger partial charge in [-0.25, -0.2) is 19.0 Å². The summed E-state index contributed by atoms with van der Waals surface area (Å²) in [6.07, 6.45) is 14.1. The summed E-state index contributed by atoms with van der Waals surface area (Å²) in [5.41, 5.74) is 5.96. The van der Waals surface area contributed by atoms with Crippen LogP contribution in [0.3, 0.4) is 0 Å². The summed E-state index contributed by atoms with van der Waals surface area (Å²) >= 11 is 0. The van der Waals surface area contributed by atoms with Crippen molar-refractivity contribution in [2.45, 2.75) is 166 Å². The molecule has 0 radical (unpaired) electrons. The van der Waals surface area contributed by atoms with Crippen molar-refractivity contribution < 1.29 is 64.1 Å². The summed E-state index contributed by atoms with van der Waals surface area (Å²) in [6.45, 7) is 15.3. The molecule has 0 saturated heterocycles. The van der Waals surface area contributed by atoms with E-state index in [0.717, 1.165) is 153 Å². The van der Waals surface area contributed by atoms with Crippen molar-refractivity contribution in [1.29, 1.82) is 0 Å². The summed E-state index contributed by atoms with van der Waals surface area (Å²) in [6, 6.07) is 25.0. The number of likely N-dealkylation sites (N-methyl/N-ethyl adjacent to an activating group) is 1. The molecule has 1 unspecified atom stereocenters. The first-order chi connectivity index (χ1) is 57.5. The SMILES string of the molecule is [2H]NCCCCC(NCN(C)CCCN(C)CCCN(C)C(=O)c1ccc(-n2nc(C(=O)NC3(C(=O)O)C4CC5CC(C4)CC3C5)cc2-c2c(OC)cccc2OC)c(C(C)C)c1)C(=O)CN(C)CCCN(C)CCCN(C)C(=O)c1ccc(-n2nc(C(=O)NC3(C(=O)O)C4CC5CC(C4)CC3C5)cc2-c2c(OC)cccc2OC)c(C(C)C)c1. The van der Waals surface area contributed by atoms with Crippen LogP contribution in [0.2, 0.25) is 1.41 Å². The summed E-state index contributed by atoms with van der Waals surface area (Å²) < 4.78 is 34.4. The molecule has 0 spiro atoms. The number of ketones is 1. The van der Waals surface area contributed by atoms with Gasteiger partial charge in [-0.1, -0.05) is 46.2 Å². The number of aliphatic carboxylic acids is 2. The first-order valence-electron chi connectivity index (χ1n) is 43.7. The zero-order valence-corrected chi connectivity index (χ0v) is 72.6. The Hall–Kier alpha value is -9.25. The molecule has 2 heterocycles. The minimum absolute atomic E-state index is 0.0594. The van der Waals surface area contributed by atoms with Crippen LogP contribution >= 0.6 is 0 Å². The zero-order chi connectivity index (χ0) is 86.0. The maximum atomic E-state index is 14.6. The third-order valence-corrected chi connectivity index (χ3v) is 27.0. The lowest BCUT2D eigenvalue weighted by molar-refractivity contribution is -0.164. The van der Waals surface area contributed by atoms with Gasteiger partial charge in [0.1, 0.15) is 35.5 Å². The molecular weight excluding hydrogens is 1510 g/mol. The van der Waals surface area contributed by atoms with Gasteiger partial charge in [-0.05, 0) is 313 Å². The number of amides is 4. The first kappa shape index (κ1) is 87.6. The van der Waals surface area contributed by atoms with E-state index in [1.54, 1.807) is 71.9 Å². The molecule has 8 aliphatic carbocycles. The molecule has 8 fully saturated rings. The van der Waals surface area contributed by atoms with Gasteiger partial charge in [0.2, 0.25) is 0 Å². The van der Waals surface area contributed by atoms with Crippen molar-refractivity contribution in [3.63, 3.8) is 0 Å². The summed E-state index contributed by atoms with van der Waals surface area (Å²) in [4.78, 5) is 111. The summed E-state index contributed by atoms with van der Waals surface area (Å²) in [7, 11) is 18.1. The third kappa shape index (κ3) is 19.4. The number of carboxylic acids is 2. The topological polar surface area (TPSA) is 314 Å². The molecule has 2 aromatic heterocycles. The number of nitrogens with zero attached hydrogens (tertiary/aromatic N) is 10. The maximum absolute atomic E-state index is 14.6. The number of ether oxygens (including phenoxy) is 4. The zero-order valence-electron chi connectivity index (χ0n) is 73.6. The van der Waals surface area contributed by atoms with Gasteiger partial charge < -0.3 is 65.1 Å². The van der Waals surface area contributed by atoms with Gasteiger partial charge in [0.05, 0.1) is 74.9 Å². The average Bonchev–Trinajstić information content (AvgIpc) is 0.753. The van der Waals surface area contributed by atoms with Crippen LogP contribution in [0.15, 0.2) is 84.9 Å². The van der Waals surface area contributed by atoms with Crippen molar-refractivity contribution in [3.8, 4) is 56.9 Å². The van der Waals surface area contributed by atoms with Gasteiger partial charge in [-0.2, -0.15) is 10.2 Å². The van der Waals surface area contributed by atoms with Crippen LogP contribution in [0.1, 0.15) is 202 Å². The third-order valence-electron chi connectivity index (χ3n) is 27.0. The predicted octanol–water partition coefficient (Wildman–Crippen LogP) is 11.4. The van der Waals surface area contributed by atoms with Crippen molar-refractivity contribution in [2.24, 2.45) is 53.1 Å². The van der Waals surface area contributed by atoms with Crippen molar-refractivity contribution in [2.75, 3.05) is 143 Å². The van der Waals surface area contributed by atoms with Crippen LogP contribution in [-0.4, -0.2) is 260 Å². The second kappa shape index (κ2) is 39.1. The molecule has 27 heteroatoms. The number of hydrogen-bond acceptors (Lipinski definition) is 19. The fourth-order valence-corrected chi connectivity index (χ4v) is 21.1. The Kier molecular flexibility index (Phi) is 28.8. The highest BCUT2D eigenvalue weighted by Gasteiger charge is 2.64. The van der Waals surface area contributed by atoms with Crippen molar-refractivity contribution in [1.82, 2.24) is 64.9 Å². The van der Waals surface area contributed by atoms with Crippen LogP contribution in [0, 0.1) is 47.3 Å². The Morgan fingerprint density at radius 3 is 1.20 bits per heavy atom. The highest BCUT2D eigenvalue weighted by molar-refractivity contribution is 6.00. The fourth-order valence-electron chi connectivity index (χ4n) is 21.1. The Morgan fingerprint density at radius 1 is 0.487 bits per heavy atom. The minimum atomic E-state index is -1.38. The van der Waals surface area contributed by atoms with Crippen LogP contribution in [0.25, 0.3) is 33.9 Å². The van der Waals surface area contributed by atoms with Crippen molar-refractivity contribution >= 4 is 41.4 Å². The van der Waals surface area contributed by atoms with E-state index in [0.29, 0.717) is 131 Å². The Morgan fingerprint density at radius 2 is 0.849 bits per heavy atom. The second-order valence-electron chi connectivity index (χ2n) is 35.9. The van der Waals surface area contributed by atoms with E-state index < -0.39 is 34.8 Å². The quantitative estimate of drug-likeness (QED) is 0.0153. The Labute approximate surface area is 704 Å². The molecule has 8 saturated carbocycles. The number of methoxy groups -OCH3 is 4. The first-order valence-corrected chi connectivity index (χ1v) is 43.2.